The van der Waals surface area contributed by atoms with Crippen LogP contribution in [-0.2, 0) is 32.7 Å². The average molecular weight is 373 g/mol. The van der Waals surface area contributed by atoms with Gasteiger partial charge in [0.15, 0.2) is 0 Å². The van der Waals surface area contributed by atoms with Crippen molar-refractivity contribution in [3.05, 3.63) is 78.6 Å². The molecular weight excluding hydrogens is 341 g/mol. The van der Waals surface area contributed by atoms with Crippen LogP contribution in [0.1, 0.15) is 59.1 Å². The van der Waals surface area contributed by atoms with Gasteiger partial charge in [-0.15, -0.1) is 23.8 Å². The van der Waals surface area contributed by atoms with Gasteiger partial charge in [0.05, 0.1) is 0 Å². The monoisotopic (exact) mass is 373 g/mol. The van der Waals surface area contributed by atoms with E-state index in [2.05, 4.69) is 68.8 Å². The Labute approximate surface area is 164 Å². The summed E-state index contributed by atoms with van der Waals surface area (Å²) < 4.78 is 0. The van der Waals surface area contributed by atoms with Gasteiger partial charge < -0.3 is 7.43 Å². The molecule has 2 rings (SSSR count). The first-order chi connectivity index (χ1) is 9.85. The quantitative estimate of drug-likeness (QED) is 0.428. The summed E-state index contributed by atoms with van der Waals surface area (Å²) in [6.07, 6.45) is 12.1. The predicted octanol–water partition coefficient (Wildman–Crippen LogP) is 7.05. The maximum absolute atomic E-state index is 2.30. The molecule has 0 nitrogen and oxygen atoms in total. The fraction of sp³-hybridized carbons (Fsp3) is 0.333. The smallest absolute Gasteiger partial charge is 0 e. The van der Waals surface area contributed by atoms with Crippen molar-refractivity contribution < 1.29 is 32.7 Å². The molecule has 0 atom stereocenters. The topological polar surface area (TPSA) is 0 Å². The minimum atomic E-state index is 0. The van der Waals surface area contributed by atoms with Crippen molar-refractivity contribution in [3.63, 3.8) is 0 Å². The van der Waals surface area contributed by atoms with Gasteiger partial charge in [-0.05, 0) is 19.4 Å². The molecule has 1 radical (unpaired) electrons. The van der Waals surface area contributed by atoms with Crippen molar-refractivity contribution in [1.29, 1.82) is 0 Å². The van der Waals surface area contributed by atoms with E-state index in [1.807, 2.05) is 27.7 Å². The largest absolute Gasteiger partial charge is 0.358 e. The van der Waals surface area contributed by atoms with E-state index in [0.717, 1.165) is 6.42 Å². The second-order valence-corrected chi connectivity index (χ2v) is 3.93. The minimum Gasteiger partial charge on any atom is -0.358 e. The van der Waals surface area contributed by atoms with Crippen molar-refractivity contribution >= 4 is 6.08 Å². The van der Waals surface area contributed by atoms with Crippen LogP contribution < -0.4 is 0 Å². The van der Waals surface area contributed by atoms with E-state index in [0.29, 0.717) is 0 Å². The fourth-order valence-electron chi connectivity index (χ4n) is 2.04. The number of allylic oxidation sites excluding steroid dienone is 5. The average Bonchev–Trinajstić information content (AvgIpc) is 2.52. The van der Waals surface area contributed by atoms with E-state index >= 15 is 0 Å². The summed E-state index contributed by atoms with van der Waals surface area (Å²) >= 11 is 0. The standard InChI is InChI=1S/C16H17.2C2H6.CH3.Y/c1-3-13-9-11-15-7-5-6-8-16(15)12-10-14(13)4-2;2*1-2;;/h3-9,11-12H,10H2,1-2H3;2*1-2H3;1H3;/q-1;;;-1;/b11-9+,13-3-,14-4-;;;;. The number of hydrogen-bond acceptors (Lipinski definition) is 0. The normalized spacial score (nSPS) is 16.6. The van der Waals surface area contributed by atoms with Crippen molar-refractivity contribution in [2.24, 2.45) is 0 Å². The van der Waals surface area contributed by atoms with E-state index in [1.165, 1.54) is 22.3 Å². The molecule has 0 heterocycles. The van der Waals surface area contributed by atoms with Gasteiger partial charge in [-0.1, -0.05) is 64.0 Å². The van der Waals surface area contributed by atoms with Crippen LogP contribution in [-0.4, -0.2) is 0 Å². The summed E-state index contributed by atoms with van der Waals surface area (Å²) in [6, 6.07) is 8.52. The molecule has 0 aliphatic heterocycles. The van der Waals surface area contributed by atoms with Gasteiger partial charge in [0.25, 0.3) is 0 Å². The van der Waals surface area contributed by atoms with E-state index < -0.39 is 0 Å². The Balaban J connectivity index is -0.000000557. The molecule has 0 N–H and O–H groups in total. The first-order valence-corrected chi connectivity index (χ1v) is 7.77. The second kappa shape index (κ2) is 16.8. The summed E-state index contributed by atoms with van der Waals surface area (Å²) in [6.45, 7) is 12.2. The van der Waals surface area contributed by atoms with Gasteiger partial charge in [-0.2, -0.15) is 18.1 Å². The van der Waals surface area contributed by atoms with E-state index in [1.54, 1.807) is 0 Å². The van der Waals surface area contributed by atoms with Crippen LogP contribution in [0.4, 0.5) is 0 Å². The summed E-state index contributed by atoms with van der Waals surface area (Å²) in [5.41, 5.74) is 5.35. The zero-order valence-corrected chi connectivity index (χ0v) is 18.3. The number of benzene rings is 1. The Morgan fingerprint density at radius 1 is 0.909 bits per heavy atom. The van der Waals surface area contributed by atoms with Crippen molar-refractivity contribution in [2.45, 2.75) is 48.0 Å². The van der Waals surface area contributed by atoms with Crippen LogP contribution in [0.3, 0.4) is 0 Å². The summed E-state index contributed by atoms with van der Waals surface area (Å²) in [5.74, 6) is 0. The number of hydrogen-bond donors (Lipinski definition) is 0. The third kappa shape index (κ3) is 8.15. The molecule has 121 valence electrons. The van der Waals surface area contributed by atoms with Gasteiger partial charge >= 0.3 is 0 Å². The Hall–Kier alpha value is -0.586. The molecule has 0 saturated heterocycles. The first kappa shape index (κ1) is 26.3. The maximum Gasteiger partial charge on any atom is 0 e. The molecule has 0 unspecified atom stereocenters. The predicted molar refractivity (Wildman–Crippen MR) is 100 cm³/mol. The Morgan fingerprint density at radius 3 is 2.05 bits per heavy atom. The van der Waals surface area contributed by atoms with Gasteiger partial charge in [-0.3, -0.25) is 0 Å². The molecule has 1 heteroatoms. The van der Waals surface area contributed by atoms with Gasteiger partial charge in [0, 0.05) is 32.7 Å². The number of rotatable bonds is 0. The maximum atomic E-state index is 2.30. The third-order valence-electron chi connectivity index (χ3n) is 3.01. The molecule has 0 aromatic heterocycles. The number of fused-ring (bicyclic) bond motifs is 1. The summed E-state index contributed by atoms with van der Waals surface area (Å²) in [4.78, 5) is 0. The third-order valence-corrected chi connectivity index (χ3v) is 3.01. The van der Waals surface area contributed by atoms with Crippen LogP contribution in [0, 0.1) is 13.8 Å². The molecule has 0 fully saturated rings. The molecule has 0 spiro atoms. The van der Waals surface area contributed by atoms with Gasteiger partial charge in [-0.25, -0.2) is 0 Å². The van der Waals surface area contributed by atoms with Crippen molar-refractivity contribution in [2.75, 3.05) is 0 Å². The van der Waals surface area contributed by atoms with Crippen LogP contribution in [0.15, 0.2) is 53.6 Å². The molecule has 1 aliphatic carbocycles. The Kier molecular flexibility index (Phi) is 20.1. The Bertz CT molecular complexity index is 465. The molecule has 1 aromatic carbocycles. The molecule has 0 amide bonds. The SMILES string of the molecule is C/C=C1/C=C/c2ccccc2[CH-]C/C1=C/C.CC.CC.[CH3-].[Y]. The van der Waals surface area contributed by atoms with Crippen LogP contribution in [0.5, 0.6) is 0 Å². The minimum absolute atomic E-state index is 0. The second-order valence-electron chi connectivity index (χ2n) is 3.93. The van der Waals surface area contributed by atoms with Crippen LogP contribution in [0.2, 0.25) is 0 Å². The summed E-state index contributed by atoms with van der Waals surface area (Å²) in [5, 5.41) is 0. The zero-order valence-electron chi connectivity index (χ0n) is 15.5. The fourth-order valence-corrected chi connectivity index (χ4v) is 2.04. The van der Waals surface area contributed by atoms with E-state index in [9.17, 15) is 0 Å². The molecule has 0 saturated carbocycles. The van der Waals surface area contributed by atoms with E-state index in [4.69, 9.17) is 0 Å². The molecule has 0 bridgehead atoms. The zero-order chi connectivity index (χ0) is 15.4. The van der Waals surface area contributed by atoms with Gasteiger partial charge in [0.1, 0.15) is 0 Å². The summed E-state index contributed by atoms with van der Waals surface area (Å²) in [7, 11) is 0. The van der Waals surface area contributed by atoms with Crippen LogP contribution in [0.25, 0.3) is 6.08 Å². The van der Waals surface area contributed by atoms with Crippen LogP contribution >= 0.6 is 0 Å². The van der Waals surface area contributed by atoms with Crippen molar-refractivity contribution in [1.82, 2.24) is 0 Å². The molecule has 22 heavy (non-hydrogen) atoms. The molecule has 1 aromatic rings. The molecular formula is C21H32Y-2. The van der Waals surface area contributed by atoms with E-state index in [-0.39, 0.29) is 40.1 Å². The first-order valence-electron chi connectivity index (χ1n) is 7.77. The van der Waals surface area contributed by atoms with Gasteiger partial charge in [0.2, 0.25) is 0 Å². The molecule has 1 aliphatic rings. The Morgan fingerprint density at radius 2 is 1.50 bits per heavy atom. The van der Waals surface area contributed by atoms with Crippen molar-refractivity contribution in [3.8, 4) is 0 Å².